The van der Waals surface area contributed by atoms with Gasteiger partial charge in [0.15, 0.2) is 0 Å². The minimum absolute atomic E-state index is 0. The van der Waals surface area contributed by atoms with Crippen molar-refractivity contribution >= 4 is 18.3 Å². The number of halogens is 3. The molecule has 7 heteroatoms. The molecule has 2 fully saturated rings. The zero-order valence-corrected chi connectivity index (χ0v) is 15.1. The Kier molecular flexibility index (Phi) is 6.63. The van der Waals surface area contributed by atoms with Crippen molar-refractivity contribution in [2.75, 3.05) is 13.1 Å². The first kappa shape index (κ1) is 19.9. The van der Waals surface area contributed by atoms with E-state index in [1.807, 2.05) is 6.92 Å². The molecule has 1 aromatic rings. The van der Waals surface area contributed by atoms with Crippen LogP contribution in [0.25, 0.3) is 0 Å². The van der Waals surface area contributed by atoms with Crippen molar-refractivity contribution in [2.24, 2.45) is 11.3 Å². The van der Waals surface area contributed by atoms with Crippen molar-refractivity contribution in [3.8, 4) is 5.75 Å². The quantitative estimate of drug-likeness (QED) is 0.798. The summed E-state index contributed by atoms with van der Waals surface area (Å²) in [5.41, 5.74) is 0.765. The van der Waals surface area contributed by atoms with Crippen molar-refractivity contribution in [2.45, 2.75) is 45.3 Å². The second-order valence-electron chi connectivity index (χ2n) is 6.75. The van der Waals surface area contributed by atoms with Gasteiger partial charge in [0.05, 0.1) is 6.04 Å². The van der Waals surface area contributed by atoms with Crippen molar-refractivity contribution in [1.82, 2.24) is 10.6 Å². The Balaban J connectivity index is 0.00000225. The van der Waals surface area contributed by atoms with Crippen LogP contribution in [-0.4, -0.2) is 25.6 Å². The molecule has 2 aliphatic rings. The van der Waals surface area contributed by atoms with E-state index in [-0.39, 0.29) is 41.4 Å². The maximum absolute atomic E-state index is 12.6. The fourth-order valence-electron chi connectivity index (χ4n) is 3.84. The Labute approximate surface area is 153 Å². The molecule has 1 saturated carbocycles. The Bertz CT molecular complexity index is 594. The van der Waals surface area contributed by atoms with E-state index in [0.717, 1.165) is 32.4 Å². The summed E-state index contributed by atoms with van der Waals surface area (Å²) >= 11 is 0. The lowest BCUT2D eigenvalue weighted by Crippen LogP contribution is -2.35. The van der Waals surface area contributed by atoms with Crippen molar-refractivity contribution < 1.29 is 18.3 Å². The number of para-hydroxylation sites is 1. The number of amides is 1. The van der Waals surface area contributed by atoms with Crippen LogP contribution in [0.4, 0.5) is 8.78 Å². The Morgan fingerprint density at radius 2 is 2.04 bits per heavy atom. The maximum atomic E-state index is 12.6. The summed E-state index contributed by atoms with van der Waals surface area (Å²) in [5, 5.41) is 6.37. The third kappa shape index (κ3) is 4.42. The van der Waals surface area contributed by atoms with Gasteiger partial charge in [0.1, 0.15) is 5.75 Å². The number of rotatable bonds is 6. The number of hydrogen-bond acceptors (Lipinski definition) is 3. The molecule has 2 N–H and O–H groups in total. The van der Waals surface area contributed by atoms with Crippen molar-refractivity contribution in [3.05, 3.63) is 29.8 Å². The van der Waals surface area contributed by atoms with Gasteiger partial charge in [-0.2, -0.15) is 8.78 Å². The molecule has 1 heterocycles. The van der Waals surface area contributed by atoms with E-state index in [1.54, 1.807) is 18.2 Å². The third-order valence-corrected chi connectivity index (χ3v) is 5.34. The minimum Gasteiger partial charge on any atom is -0.434 e. The Hall–Kier alpha value is -1.40. The number of ether oxygens (including phenoxy) is 1. The van der Waals surface area contributed by atoms with E-state index in [2.05, 4.69) is 15.4 Å². The predicted molar refractivity (Wildman–Crippen MR) is 94.1 cm³/mol. The minimum atomic E-state index is -2.87. The van der Waals surface area contributed by atoms with Crippen LogP contribution in [-0.2, 0) is 4.79 Å². The molecular formula is C18H25ClF2N2O2. The lowest BCUT2D eigenvalue weighted by molar-refractivity contribution is -0.124. The lowest BCUT2D eigenvalue weighted by atomic mass is 9.91. The monoisotopic (exact) mass is 374 g/mol. The van der Waals surface area contributed by atoms with Crippen LogP contribution in [0.15, 0.2) is 24.3 Å². The number of alkyl halides is 2. The number of nitrogens with one attached hydrogen (secondary N) is 2. The molecule has 25 heavy (non-hydrogen) atoms. The second-order valence-corrected chi connectivity index (χ2v) is 6.75. The third-order valence-electron chi connectivity index (χ3n) is 5.34. The van der Waals surface area contributed by atoms with Gasteiger partial charge >= 0.3 is 6.61 Å². The van der Waals surface area contributed by atoms with Crippen molar-refractivity contribution in [1.29, 1.82) is 0 Å². The highest BCUT2D eigenvalue weighted by Gasteiger charge is 2.57. The molecule has 140 valence electrons. The topological polar surface area (TPSA) is 50.4 Å². The van der Waals surface area contributed by atoms with Gasteiger partial charge in [-0.05, 0) is 50.3 Å². The van der Waals surface area contributed by atoms with Crippen LogP contribution in [0.1, 0.15) is 44.2 Å². The highest BCUT2D eigenvalue weighted by atomic mass is 35.5. The summed E-state index contributed by atoms with van der Waals surface area (Å²) in [7, 11) is 0. The van der Waals surface area contributed by atoms with Gasteiger partial charge in [0.25, 0.3) is 0 Å². The molecular weight excluding hydrogens is 350 g/mol. The zero-order chi connectivity index (χ0) is 17.2. The fraction of sp³-hybridized carbons (Fsp3) is 0.611. The van der Waals surface area contributed by atoms with Gasteiger partial charge in [-0.15, -0.1) is 12.4 Å². The van der Waals surface area contributed by atoms with E-state index < -0.39 is 6.61 Å². The highest BCUT2D eigenvalue weighted by molar-refractivity contribution is 5.85. The molecule has 0 radical (unpaired) electrons. The number of carbonyl (C=O) groups excluding carboxylic acids is 1. The second kappa shape index (κ2) is 8.32. The predicted octanol–water partition coefficient (Wildman–Crippen LogP) is 3.67. The first-order chi connectivity index (χ1) is 11.6. The van der Waals surface area contributed by atoms with Crippen LogP contribution in [0.3, 0.4) is 0 Å². The van der Waals surface area contributed by atoms with Gasteiger partial charge in [-0.3, -0.25) is 4.79 Å². The highest BCUT2D eigenvalue weighted by Crippen LogP contribution is 2.58. The first-order valence-electron chi connectivity index (χ1n) is 8.60. The van der Waals surface area contributed by atoms with E-state index in [0.29, 0.717) is 12.0 Å². The van der Waals surface area contributed by atoms with E-state index in [9.17, 15) is 13.6 Å². The van der Waals surface area contributed by atoms with E-state index in [1.165, 1.54) is 6.07 Å². The lowest BCUT2D eigenvalue weighted by Gasteiger charge is -2.25. The Morgan fingerprint density at radius 3 is 2.68 bits per heavy atom. The van der Waals surface area contributed by atoms with Gasteiger partial charge in [0.2, 0.25) is 5.91 Å². The zero-order valence-electron chi connectivity index (χ0n) is 14.3. The Morgan fingerprint density at radius 1 is 1.36 bits per heavy atom. The summed E-state index contributed by atoms with van der Waals surface area (Å²) in [6.07, 6.45) is 3.63. The van der Waals surface area contributed by atoms with Crippen molar-refractivity contribution in [3.63, 3.8) is 0 Å². The molecule has 4 nitrogen and oxygen atoms in total. The average molecular weight is 375 g/mol. The molecule has 2 atom stereocenters. The SMILES string of the molecule is CCC(NC(=O)C1CC12CCNCC2)c1ccccc1OC(F)F.Cl. The standard InChI is InChI=1S/C18H24F2N2O2.ClH/c1-2-14(12-5-3-4-6-15(12)24-17(19)20)22-16(23)13-11-18(13)7-9-21-10-8-18;/h3-6,13-14,17,21H,2,7-11H2,1H3,(H,22,23);1H. The number of piperidine rings is 1. The number of carbonyl (C=O) groups is 1. The fourth-order valence-corrected chi connectivity index (χ4v) is 3.84. The molecule has 1 spiro atoms. The number of hydrogen-bond donors (Lipinski definition) is 2. The summed E-state index contributed by atoms with van der Waals surface area (Å²) in [6.45, 7) is 0.982. The van der Waals surface area contributed by atoms with Crippen LogP contribution in [0, 0.1) is 11.3 Å². The molecule has 1 aliphatic heterocycles. The molecule has 0 aromatic heterocycles. The van der Waals surface area contributed by atoms with Crippen LogP contribution in [0.5, 0.6) is 5.75 Å². The normalized spacial score (nSPS) is 22.2. The molecule has 2 unspecified atom stereocenters. The number of benzene rings is 1. The van der Waals surface area contributed by atoms with Crippen LogP contribution < -0.4 is 15.4 Å². The molecule has 0 bridgehead atoms. The summed E-state index contributed by atoms with van der Waals surface area (Å²) in [5.74, 6) is 0.222. The maximum Gasteiger partial charge on any atom is 0.387 e. The molecule has 1 aromatic carbocycles. The molecule has 1 aliphatic carbocycles. The average Bonchev–Trinajstić information content (AvgIpc) is 3.26. The smallest absolute Gasteiger partial charge is 0.387 e. The van der Waals surface area contributed by atoms with Gasteiger partial charge in [-0.25, -0.2) is 0 Å². The molecule has 3 rings (SSSR count). The van der Waals surface area contributed by atoms with Gasteiger partial charge in [-0.1, -0.05) is 25.1 Å². The van der Waals surface area contributed by atoms with Gasteiger partial charge < -0.3 is 15.4 Å². The molecule has 1 saturated heterocycles. The summed E-state index contributed by atoms with van der Waals surface area (Å²) in [4.78, 5) is 12.6. The summed E-state index contributed by atoms with van der Waals surface area (Å²) in [6, 6.07) is 6.36. The largest absolute Gasteiger partial charge is 0.434 e. The molecule has 1 amide bonds. The van der Waals surface area contributed by atoms with Gasteiger partial charge in [0, 0.05) is 11.5 Å². The van der Waals surface area contributed by atoms with Crippen LogP contribution >= 0.6 is 12.4 Å². The van der Waals surface area contributed by atoms with E-state index >= 15 is 0 Å². The van der Waals surface area contributed by atoms with Crippen LogP contribution in [0.2, 0.25) is 0 Å². The first-order valence-corrected chi connectivity index (χ1v) is 8.60. The summed E-state index contributed by atoms with van der Waals surface area (Å²) < 4.78 is 29.8. The van der Waals surface area contributed by atoms with E-state index in [4.69, 9.17) is 0 Å².